The van der Waals surface area contributed by atoms with E-state index in [0.29, 0.717) is 0 Å². The summed E-state index contributed by atoms with van der Waals surface area (Å²) in [6.45, 7) is 9.50. The highest BCUT2D eigenvalue weighted by atomic mass is 28.4. The maximum atomic E-state index is 11.8. The van der Waals surface area contributed by atoms with Crippen molar-refractivity contribution in [3.8, 4) is 0 Å². The Kier molecular flexibility index (Phi) is 5.43. The Labute approximate surface area is 119 Å². The molecule has 0 bridgehead atoms. The second kappa shape index (κ2) is 6.84. The van der Waals surface area contributed by atoms with E-state index >= 15 is 0 Å². The first-order valence-corrected chi connectivity index (χ1v) is 9.55. The summed E-state index contributed by atoms with van der Waals surface area (Å²) in [5, 5.41) is 0. The molecule has 1 aromatic rings. The van der Waals surface area contributed by atoms with Gasteiger partial charge in [-0.3, -0.25) is 0 Å². The van der Waals surface area contributed by atoms with Gasteiger partial charge in [0, 0.05) is 0 Å². The Morgan fingerprint density at radius 3 is 2.40 bits per heavy atom. The number of rotatable bonds is 6. The monoisotopic (exact) mass is 290 g/mol. The van der Waals surface area contributed by atoms with Gasteiger partial charge in [-0.2, -0.15) is 4.79 Å². The van der Waals surface area contributed by atoms with E-state index in [1.807, 2.05) is 50.0 Å². The van der Waals surface area contributed by atoms with Crippen LogP contribution in [0.2, 0.25) is 19.6 Å². The van der Waals surface area contributed by atoms with Crippen LogP contribution in [0.5, 0.6) is 0 Å². The maximum absolute atomic E-state index is 11.8. The van der Waals surface area contributed by atoms with Crippen molar-refractivity contribution in [3.63, 3.8) is 0 Å². The molecule has 1 rings (SSSR count). The molecule has 106 valence electrons. The number of hydrogen-bond donors (Lipinski definition) is 0. The normalized spacial score (nSPS) is 10.3. The third kappa shape index (κ3) is 5.22. The van der Waals surface area contributed by atoms with Crippen molar-refractivity contribution in [2.24, 2.45) is 0 Å². The molecule has 5 nitrogen and oxygen atoms in total. The van der Waals surface area contributed by atoms with Crippen molar-refractivity contribution < 1.29 is 18.7 Å². The summed E-state index contributed by atoms with van der Waals surface area (Å²) in [5.41, 5.74) is 9.46. The molecule has 0 aliphatic carbocycles. The van der Waals surface area contributed by atoms with Crippen LogP contribution in [0.3, 0.4) is 0 Å². The first-order chi connectivity index (χ1) is 9.33. The van der Waals surface area contributed by atoms with Gasteiger partial charge in [-0.25, -0.2) is 4.79 Å². The van der Waals surface area contributed by atoms with Crippen LogP contribution < -0.4 is 0 Å². The molecule has 0 spiro atoms. The molecule has 0 radical (unpaired) electrons. The lowest BCUT2D eigenvalue weighted by molar-refractivity contribution is -0.141. The van der Waals surface area contributed by atoms with E-state index in [1.54, 1.807) is 0 Å². The van der Waals surface area contributed by atoms with E-state index in [1.165, 1.54) is 0 Å². The van der Waals surface area contributed by atoms with Crippen LogP contribution in [0.4, 0.5) is 0 Å². The molecule has 0 aromatic heterocycles. The number of carbonyl (C=O) groups excluding carboxylic acids is 1. The third-order valence-corrected chi connectivity index (χ3v) is 3.06. The molecule has 0 unspecified atom stereocenters. The highest BCUT2D eigenvalue weighted by molar-refractivity contribution is 6.70. The highest BCUT2D eigenvalue weighted by Gasteiger charge is 2.31. The van der Waals surface area contributed by atoms with E-state index in [-0.39, 0.29) is 18.1 Å². The molecule has 20 heavy (non-hydrogen) atoms. The fraction of sp³-hybridized carbons (Fsp3) is 0.286. The average molecular weight is 290 g/mol. The molecule has 0 atom stereocenters. The molecular weight excluding hydrogens is 272 g/mol. The lowest BCUT2D eigenvalue weighted by Crippen LogP contribution is -2.30. The molecule has 0 aliphatic rings. The van der Waals surface area contributed by atoms with Gasteiger partial charge in [-0.1, -0.05) is 30.3 Å². The van der Waals surface area contributed by atoms with Gasteiger partial charge >= 0.3 is 11.7 Å². The van der Waals surface area contributed by atoms with Gasteiger partial charge in [0.2, 0.25) is 8.32 Å². The van der Waals surface area contributed by atoms with Crippen LogP contribution >= 0.6 is 0 Å². The predicted molar refractivity (Wildman–Crippen MR) is 78.4 cm³/mol. The summed E-state index contributed by atoms with van der Waals surface area (Å²) < 4.78 is 10.6. The van der Waals surface area contributed by atoms with E-state index in [2.05, 4.69) is 11.4 Å². The van der Waals surface area contributed by atoms with E-state index in [4.69, 9.17) is 14.7 Å². The van der Waals surface area contributed by atoms with Crippen molar-refractivity contribution in [2.45, 2.75) is 26.2 Å². The quantitative estimate of drug-likeness (QED) is 0.202. The molecule has 0 saturated carbocycles. The van der Waals surface area contributed by atoms with Crippen LogP contribution in [0.1, 0.15) is 5.56 Å². The molecule has 0 saturated heterocycles. The third-order valence-electron chi connectivity index (χ3n) is 2.20. The largest absolute Gasteiger partial charge is 0.539 e. The predicted octanol–water partition coefficient (Wildman–Crippen LogP) is 2.77. The number of benzene rings is 1. The second-order valence-corrected chi connectivity index (χ2v) is 9.58. The number of ether oxygens (including phenoxy) is 1. The summed E-state index contributed by atoms with van der Waals surface area (Å²) in [6.07, 6.45) is 0. The van der Waals surface area contributed by atoms with E-state index in [0.717, 1.165) is 5.56 Å². The summed E-state index contributed by atoms with van der Waals surface area (Å²) >= 11 is 0. The molecule has 0 aliphatic heterocycles. The average Bonchev–Trinajstić information content (AvgIpc) is 2.36. The zero-order valence-electron chi connectivity index (χ0n) is 11.9. The number of carbonyl (C=O) groups is 1. The van der Waals surface area contributed by atoms with Gasteiger partial charge < -0.3 is 14.7 Å². The Morgan fingerprint density at radius 2 is 1.90 bits per heavy atom. The standard InChI is InChI=1S/C14H18N2O3Si/c1-11(19-20(2,3)4)13(16-15)14(17)18-10-12-8-6-5-7-9-12/h5-9H,1,10H2,2-4H3. The van der Waals surface area contributed by atoms with Crippen molar-refractivity contribution in [3.05, 3.63) is 53.8 Å². The highest BCUT2D eigenvalue weighted by Crippen LogP contribution is 2.11. The molecule has 1 aromatic carbocycles. The molecule has 0 fully saturated rings. The van der Waals surface area contributed by atoms with Crippen LogP contribution in [0, 0.1) is 0 Å². The Balaban J connectivity index is 2.65. The topological polar surface area (TPSA) is 71.9 Å². The lowest BCUT2D eigenvalue weighted by Gasteiger charge is -2.18. The summed E-state index contributed by atoms with van der Waals surface area (Å²) in [4.78, 5) is 14.8. The van der Waals surface area contributed by atoms with Gasteiger partial charge in [0.05, 0.1) is 0 Å². The minimum absolute atomic E-state index is 0.0322. The van der Waals surface area contributed by atoms with Crippen LogP contribution in [-0.2, 0) is 20.6 Å². The Bertz CT molecular complexity index is 543. The fourth-order valence-corrected chi connectivity index (χ4v) is 2.26. The number of esters is 1. The van der Waals surface area contributed by atoms with Crippen LogP contribution in [-0.4, -0.2) is 24.8 Å². The van der Waals surface area contributed by atoms with Gasteiger partial charge in [-0.05, 0) is 31.8 Å². The van der Waals surface area contributed by atoms with Crippen molar-refractivity contribution in [2.75, 3.05) is 0 Å². The van der Waals surface area contributed by atoms with Crippen LogP contribution in [0.25, 0.3) is 5.53 Å². The Morgan fingerprint density at radius 1 is 1.30 bits per heavy atom. The molecule has 6 heteroatoms. The first-order valence-electron chi connectivity index (χ1n) is 6.15. The summed E-state index contributed by atoms with van der Waals surface area (Å²) in [6, 6.07) is 9.22. The summed E-state index contributed by atoms with van der Waals surface area (Å²) in [5.74, 6) is -0.732. The SMILES string of the molecule is C=C(O[Si](C)(C)C)C(=[N+]=[N-])C(=O)OCc1ccccc1. The number of nitrogens with zero attached hydrogens (tertiary/aromatic N) is 2. The minimum atomic E-state index is -1.93. The fourth-order valence-electron chi connectivity index (χ4n) is 1.42. The molecular formula is C14H18N2O3Si. The lowest BCUT2D eigenvalue weighted by atomic mass is 10.2. The van der Waals surface area contributed by atoms with Gasteiger partial charge in [0.25, 0.3) is 0 Å². The first kappa shape index (κ1) is 15.9. The van der Waals surface area contributed by atoms with E-state index < -0.39 is 14.3 Å². The van der Waals surface area contributed by atoms with Crippen molar-refractivity contribution >= 4 is 20.0 Å². The minimum Gasteiger partial charge on any atom is -0.539 e. The van der Waals surface area contributed by atoms with Gasteiger partial charge in [0.1, 0.15) is 6.61 Å². The van der Waals surface area contributed by atoms with E-state index in [9.17, 15) is 4.79 Å². The maximum Gasteiger partial charge on any atom is 0.438 e. The van der Waals surface area contributed by atoms with Crippen LogP contribution in [0.15, 0.2) is 42.7 Å². The van der Waals surface area contributed by atoms with Crippen molar-refractivity contribution in [1.82, 2.24) is 0 Å². The number of hydrogen-bond acceptors (Lipinski definition) is 3. The summed E-state index contributed by atoms with van der Waals surface area (Å²) in [7, 11) is -1.93. The Hall–Kier alpha value is -2.17. The van der Waals surface area contributed by atoms with Gasteiger partial charge in [0.15, 0.2) is 5.76 Å². The molecule has 0 N–H and O–H groups in total. The van der Waals surface area contributed by atoms with Gasteiger partial charge in [-0.15, -0.1) is 0 Å². The molecule has 0 heterocycles. The zero-order chi connectivity index (χ0) is 15.2. The molecule has 0 amide bonds. The zero-order valence-corrected chi connectivity index (χ0v) is 12.9. The second-order valence-electron chi connectivity index (χ2n) is 5.15. The van der Waals surface area contributed by atoms with Crippen molar-refractivity contribution in [1.29, 1.82) is 0 Å². The smallest absolute Gasteiger partial charge is 0.438 e.